The van der Waals surface area contributed by atoms with Crippen molar-refractivity contribution in [3.05, 3.63) is 11.1 Å². The predicted molar refractivity (Wildman–Crippen MR) is 78.1 cm³/mol. The third-order valence-corrected chi connectivity index (χ3v) is 4.42. The summed E-state index contributed by atoms with van der Waals surface area (Å²) in [5.41, 5.74) is 6.35. The minimum Gasteiger partial charge on any atom is -0.375 e. The number of nitrogens with zero attached hydrogens (tertiary/aromatic N) is 3. The van der Waals surface area contributed by atoms with Crippen LogP contribution in [0, 0.1) is 5.92 Å². The quantitative estimate of drug-likeness (QED) is 0.897. The lowest BCUT2D eigenvalue weighted by atomic mass is 9.96. The van der Waals surface area contributed by atoms with Crippen LogP contribution in [0.4, 0.5) is 5.13 Å². The second kappa shape index (κ2) is 6.34. The van der Waals surface area contributed by atoms with Crippen molar-refractivity contribution in [2.45, 2.75) is 19.3 Å². The van der Waals surface area contributed by atoms with Gasteiger partial charge in [0.1, 0.15) is 0 Å². The van der Waals surface area contributed by atoms with Crippen molar-refractivity contribution >= 4 is 22.4 Å². The highest BCUT2D eigenvalue weighted by Gasteiger charge is 2.20. The van der Waals surface area contributed by atoms with Crippen molar-refractivity contribution in [2.24, 2.45) is 5.92 Å². The molecule has 0 bridgehead atoms. The van der Waals surface area contributed by atoms with Crippen LogP contribution >= 0.6 is 11.3 Å². The fraction of sp³-hybridized carbons (Fsp3) is 0.692. The van der Waals surface area contributed by atoms with Crippen LogP contribution in [-0.4, -0.2) is 54.4 Å². The SMILES string of the molecule is CN1CCC(CN(C)C(=O)Cc2csc(N)n2)CC1. The highest BCUT2D eigenvalue weighted by molar-refractivity contribution is 7.13. The first-order valence-corrected chi connectivity index (χ1v) is 7.55. The Labute approximate surface area is 118 Å². The predicted octanol–water partition coefficient (Wildman–Crippen LogP) is 1.07. The highest BCUT2D eigenvalue weighted by atomic mass is 32.1. The maximum atomic E-state index is 12.1. The average molecular weight is 282 g/mol. The van der Waals surface area contributed by atoms with E-state index in [-0.39, 0.29) is 5.91 Å². The van der Waals surface area contributed by atoms with E-state index < -0.39 is 0 Å². The van der Waals surface area contributed by atoms with E-state index in [2.05, 4.69) is 16.9 Å². The molecule has 5 nitrogen and oxygen atoms in total. The number of carbonyl (C=O) groups excluding carboxylic acids is 1. The number of carbonyl (C=O) groups is 1. The molecule has 2 rings (SSSR count). The molecule has 2 N–H and O–H groups in total. The summed E-state index contributed by atoms with van der Waals surface area (Å²) in [6.45, 7) is 3.12. The Morgan fingerprint density at radius 1 is 1.58 bits per heavy atom. The largest absolute Gasteiger partial charge is 0.375 e. The standard InChI is InChI=1S/C13H22N4OS/c1-16-5-3-10(4-6-16)8-17(2)12(18)7-11-9-19-13(14)15-11/h9-10H,3-8H2,1-2H3,(H2,14,15). The van der Waals surface area contributed by atoms with Crippen molar-refractivity contribution in [1.29, 1.82) is 0 Å². The van der Waals surface area contributed by atoms with E-state index in [1.807, 2.05) is 17.3 Å². The zero-order valence-corrected chi connectivity index (χ0v) is 12.4. The zero-order valence-electron chi connectivity index (χ0n) is 11.6. The van der Waals surface area contributed by atoms with Gasteiger partial charge in [0.2, 0.25) is 5.91 Å². The number of hydrogen-bond donors (Lipinski definition) is 1. The molecule has 0 spiro atoms. The number of rotatable bonds is 4. The fourth-order valence-corrected chi connectivity index (χ4v) is 2.99. The molecule has 0 unspecified atom stereocenters. The van der Waals surface area contributed by atoms with Gasteiger partial charge in [0.05, 0.1) is 12.1 Å². The van der Waals surface area contributed by atoms with Crippen LogP contribution in [0.3, 0.4) is 0 Å². The molecule has 0 aliphatic carbocycles. The van der Waals surface area contributed by atoms with E-state index in [0.717, 1.165) is 25.3 Å². The Kier molecular flexibility index (Phi) is 4.76. The Morgan fingerprint density at radius 3 is 2.84 bits per heavy atom. The number of piperidine rings is 1. The van der Waals surface area contributed by atoms with E-state index in [9.17, 15) is 4.79 Å². The van der Waals surface area contributed by atoms with Crippen molar-refractivity contribution < 1.29 is 4.79 Å². The maximum Gasteiger partial charge on any atom is 0.228 e. The zero-order chi connectivity index (χ0) is 13.8. The Hall–Kier alpha value is -1.14. The topological polar surface area (TPSA) is 62.5 Å². The number of amides is 1. The molecule has 1 amide bonds. The number of nitrogens with two attached hydrogens (primary N) is 1. The van der Waals surface area contributed by atoms with Gasteiger partial charge in [0.25, 0.3) is 0 Å². The van der Waals surface area contributed by atoms with Crippen LogP contribution in [0.5, 0.6) is 0 Å². The molecule has 1 saturated heterocycles. The molecular formula is C13H22N4OS. The smallest absolute Gasteiger partial charge is 0.228 e. The lowest BCUT2D eigenvalue weighted by Crippen LogP contribution is -2.38. The van der Waals surface area contributed by atoms with Gasteiger partial charge in [0, 0.05) is 19.0 Å². The summed E-state index contributed by atoms with van der Waals surface area (Å²) < 4.78 is 0. The van der Waals surface area contributed by atoms with Crippen LogP contribution < -0.4 is 5.73 Å². The molecule has 1 fully saturated rings. The molecule has 2 heterocycles. The molecule has 1 aliphatic heterocycles. The van der Waals surface area contributed by atoms with E-state index in [4.69, 9.17) is 5.73 Å². The number of aromatic nitrogens is 1. The van der Waals surface area contributed by atoms with Gasteiger partial charge in [0.15, 0.2) is 5.13 Å². The van der Waals surface area contributed by atoms with Gasteiger partial charge < -0.3 is 15.5 Å². The van der Waals surface area contributed by atoms with Crippen molar-refractivity contribution in [3.63, 3.8) is 0 Å². The summed E-state index contributed by atoms with van der Waals surface area (Å²) in [6.07, 6.45) is 2.71. The summed E-state index contributed by atoms with van der Waals surface area (Å²) in [6, 6.07) is 0. The second-order valence-electron chi connectivity index (χ2n) is 5.37. The molecular weight excluding hydrogens is 260 g/mol. The Balaban J connectivity index is 1.79. The summed E-state index contributed by atoms with van der Waals surface area (Å²) in [4.78, 5) is 20.4. The third kappa shape index (κ3) is 4.18. The minimum atomic E-state index is 0.129. The lowest BCUT2D eigenvalue weighted by molar-refractivity contribution is -0.130. The van der Waals surface area contributed by atoms with Gasteiger partial charge in [-0.25, -0.2) is 4.98 Å². The number of likely N-dealkylation sites (N-methyl/N-ethyl adjacent to an activating group) is 1. The first-order valence-electron chi connectivity index (χ1n) is 6.67. The molecule has 19 heavy (non-hydrogen) atoms. The van der Waals surface area contributed by atoms with Crippen LogP contribution in [0.25, 0.3) is 0 Å². The van der Waals surface area contributed by atoms with Crippen LogP contribution in [-0.2, 0) is 11.2 Å². The normalized spacial score (nSPS) is 17.6. The molecule has 1 aromatic heterocycles. The first kappa shape index (κ1) is 14.3. The molecule has 0 atom stereocenters. The van der Waals surface area contributed by atoms with Gasteiger partial charge in [-0.1, -0.05) is 0 Å². The highest BCUT2D eigenvalue weighted by Crippen LogP contribution is 2.17. The average Bonchev–Trinajstić information content (AvgIpc) is 2.77. The summed E-state index contributed by atoms with van der Waals surface area (Å²) in [5.74, 6) is 0.759. The van der Waals surface area contributed by atoms with Crippen LogP contribution in [0.15, 0.2) is 5.38 Å². The molecule has 0 aromatic carbocycles. The Bertz CT molecular complexity index is 426. The van der Waals surface area contributed by atoms with E-state index in [1.165, 1.54) is 24.2 Å². The molecule has 0 saturated carbocycles. The van der Waals surface area contributed by atoms with Gasteiger partial charge in [-0.15, -0.1) is 11.3 Å². The van der Waals surface area contributed by atoms with E-state index in [1.54, 1.807) is 0 Å². The van der Waals surface area contributed by atoms with E-state index in [0.29, 0.717) is 17.5 Å². The molecule has 0 radical (unpaired) electrons. The number of anilines is 1. The first-order chi connectivity index (χ1) is 9.04. The van der Waals surface area contributed by atoms with Gasteiger partial charge in [-0.05, 0) is 38.9 Å². The number of nitrogen functional groups attached to an aromatic ring is 1. The summed E-state index contributed by atoms with van der Waals surface area (Å²) in [5, 5.41) is 2.39. The summed E-state index contributed by atoms with van der Waals surface area (Å²) >= 11 is 1.38. The fourth-order valence-electron chi connectivity index (χ4n) is 2.43. The lowest BCUT2D eigenvalue weighted by Gasteiger charge is -2.31. The molecule has 106 valence electrons. The van der Waals surface area contributed by atoms with Gasteiger partial charge in [-0.2, -0.15) is 0 Å². The second-order valence-corrected chi connectivity index (χ2v) is 6.26. The minimum absolute atomic E-state index is 0.129. The number of likely N-dealkylation sites (tertiary alicyclic amines) is 1. The summed E-state index contributed by atoms with van der Waals surface area (Å²) in [7, 11) is 4.04. The van der Waals surface area contributed by atoms with Crippen LogP contribution in [0.1, 0.15) is 18.5 Å². The van der Waals surface area contributed by atoms with Crippen LogP contribution in [0.2, 0.25) is 0 Å². The van der Waals surface area contributed by atoms with Crippen molar-refractivity contribution in [1.82, 2.24) is 14.8 Å². The molecule has 6 heteroatoms. The van der Waals surface area contributed by atoms with Gasteiger partial charge in [-0.3, -0.25) is 4.79 Å². The third-order valence-electron chi connectivity index (χ3n) is 3.70. The van der Waals surface area contributed by atoms with Crippen molar-refractivity contribution in [3.8, 4) is 0 Å². The molecule has 1 aromatic rings. The maximum absolute atomic E-state index is 12.1. The molecule has 1 aliphatic rings. The number of thiazole rings is 1. The Morgan fingerprint density at radius 2 is 2.26 bits per heavy atom. The van der Waals surface area contributed by atoms with E-state index >= 15 is 0 Å². The number of hydrogen-bond acceptors (Lipinski definition) is 5. The van der Waals surface area contributed by atoms with Crippen molar-refractivity contribution in [2.75, 3.05) is 39.5 Å². The monoisotopic (exact) mass is 282 g/mol. The van der Waals surface area contributed by atoms with Gasteiger partial charge >= 0.3 is 0 Å².